The van der Waals surface area contributed by atoms with Crippen molar-refractivity contribution in [2.45, 2.75) is 57.2 Å². The van der Waals surface area contributed by atoms with Gasteiger partial charge in [-0.1, -0.05) is 36.0 Å². The van der Waals surface area contributed by atoms with E-state index in [0.717, 1.165) is 25.0 Å². The maximum Gasteiger partial charge on any atom is 0.305 e. The Hall–Kier alpha value is -2.56. The highest BCUT2D eigenvalue weighted by Crippen LogP contribution is 2.40. The molecular weight excluding hydrogens is 533 g/mol. The third-order valence-electron chi connectivity index (χ3n) is 7.73. The molecule has 40 heavy (non-hydrogen) atoms. The van der Waals surface area contributed by atoms with Gasteiger partial charge in [0.15, 0.2) is 10.9 Å². The number of amides is 1. The molecule has 1 aliphatic carbocycles. The first kappa shape index (κ1) is 30.4. The number of Topliss-reactive ketones (excluding diaryl/α,β-unsaturated/α-hetero) is 1. The van der Waals surface area contributed by atoms with Crippen LogP contribution in [0.15, 0.2) is 35.9 Å². The van der Waals surface area contributed by atoms with Crippen LogP contribution in [-0.2, 0) is 23.9 Å². The van der Waals surface area contributed by atoms with E-state index in [-0.39, 0.29) is 39.8 Å². The average molecular weight is 574 g/mol. The van der Waals surface area contributed by atoms with Gasteiger partial charge in [0.25, 0.3) is 0 Å². The van der Waals surface area contributed by atoms with Gasteiger partial charge in [0.1, 0.15) is 5.82 Å². The summed E-state index contributed by atoms with van der Waals surface area (Å²) in [6.45, 7) is 7.43. The molecule has 0 N–H and O–H groups in total. The van der Waals surface area contributed by atoms with E-state index in [4.69, 9.17) is 4.74 Å². The van der Waals surface area contributed by atoms with E-state index < -0.39 is 6.04 Å². The maximum absolute atomic E-state index is 14.9. The van der Waals surface area contributed by atoms with Crippen molar-refractivity contribution in [1.82, 2.24) is 14.7 Å². The van der Waals surface area contributed by atoms with Crippen LogP contribution in [0.1, 0.15) is 57.6 Å². The zero-order valence-electron chi connectivity index (χ0n) is 23.5. The second kappa shape index (κ2) is 14.4. The Morgan fingerprint density at radius 2 is 1.90 bits per heavy atom. The molecule has 0 spiro atoms. The minimum atomic E-state index is -0.653. The minimum Gasteiger partial charge on any atom is -0.466 e. The molecular formula is C30H40FN3O5S. The fourth-order valence-corrected chi connectivity index (χ4v) is 6.45. The number of likely N-dealkylation sites (tertiary alicyclic amines) is 1. The number of piperidine rings is 1. The van der Waals surface area contributed by atoms with E-state index >= 15 is 0 Å². The SMILES string of the molecule is CCOC(=O)CCCN1CCN(C/C=C2/CN(C(C(=O)C3CC3)c3ccccc3F)CCC2SC(C)=O)C(=O)C1. The third kappa shape index (κ3) is 8.24. The van der Waals surface area contributed by atoms with Gasteiger partial charge in [-0.05, 0) is 50.8 Å². The molecule has 2 unspecified atom stereocenters. The number of thioether (sulfide) groups is 1. The number of ketones is 1. The molecule has 4 rings (SSSR count). The van der Waals surface area contributed by atoms with Crippen LogP contribution in [0, 0.1) is 11.7 Å². The summed E-state index contributed by atoms with van der Waals surface area (Å²) in [6.07, 6.45) is 5.39. The first-order chi connectivity index (χ1) is 19.3. The summed E-state index contributed by atoms with van der Waals surface area (Å²) in [5, 5.41) is -0.0121. The monoisotopic (exact) mass is 573 g/mol. The molecule has 10 heteroatoms. The largest absolute Gasteiger partial charge is 0.466 e. The summed E-state index contributed by atoms with van der Waals surface area (Å²) in [4.78, 5) is 55.8. The van der Waals surface area contributed by atoms with Gasteiger partial charge in [-0.15, -0.1) is 0 Å². The highest BCUT2D eigenvalue weighted by atomic mass is 32.2. The number of hydrogen-bond donors (Lipinski definition) is 0. The normalized spacial score (nSPS) is 22.4. The van der Waals surface area contributed by atoms with Gasteiger partial charge in [-0.2, -0.15) is 0 Å². The Morgan fingerprint density at radius 3 is 2.58 bits per heavy atom. The smallest absolute Gasteiger partial charge is 0.305 e. The van der Waals surface area contributed by atoms with Gasteiger partial charge in [0.05, 0.1) is 19.2 Å². The van der Waals surface area contributed by atoms with Crippen LogP contribution in [0.3, 0.4) is 0 Å². The van der Waals surface area contributed by atoms with Crippen molar-refractivity contribution < 1.29 is 28.3 Å². The molecule has 1 aromatic rings. The van der Waals surface area contributed by atoms with Crippen molar-refractivity contribution >= 4 is 34.5 Å². The predicted molar refractivity (Wildman–Crippen MR) is 152 cm³/mol. The van der Waals surface area contributed by atoms with Gasteiger partial charge in [-0.3, -0.25) is 29.0 Å². The third-order valence-corrected chi connectivity index (χ3v) is 8.89. The number of hydrogen-bond acceptors (Lipinski definition) is 8. The number of carbonyl (C=O) groups excluding carboxylic acids is 4. The lowest BCUT2D eigenvalue weighted by molar-refractivity contribution is -0.143. The van der Waals surface area contributed by atoms with Crippen LogP contribution in [0.5, 0.6) is 0 Å². The van der Waals surface area contributed by atoms with Crippen LogP contribution >= 0.6 is 11.8 Å². The van der Waals surface area contributed by atoms with E-state index in [1.807, 2.05) is 15.9 Å². The number of ether oxygens (including phenoxy) is 1. The summed E-state index contributed by atoms with van der Waals surface area (Å²) in [6, 6.07) is 5.85. The zero-order valence-corrected chi connectivity index (χ0v) is 24.3. The average Bonchev–Trinajstić information content (AvgIpc) is 3.76. The van der Waals surface area contributed by atoms with Crippen LogP contribution in [0.25, 0.3) is 0 Å². The fourth-order valence-electron chi connectivity index (χ4n) is 5.50. The van der Waals surface area contributed by atoms with E-state index in [1.54, 1.807) is 32.0 Å². The lowest BCUT2D eigenvalue weighted by atomic mass is 9.93. The number of carbonyl (C=O) groups is 4. The zero-order chi connectivity index (χ0) is 28.6. The minimum absolute atomic E-state index is 0.0208. The van der Waals surface area contributed by atoms with Crippen molar-refractivity contribution in [3.05, 3.63) is 47.3 Å². The molecule has 1 saturated carbocycles. The number of benzene rings is 1. The van der Waals surface area contributed by atoms with E-state index in [9.17, 15) is 23.6 Å². The van der Waals surface area contributed by atoms with E-state index in [0.29, 0.717) is 70.7 Å². The highest BCUT2D eigenvalue weighted by Gasteiger charge is 2.41. The predicted octanol–water partition coefficient (Wildman–Crippen LogP) is 3.61. The first-order valence-corrected chi connectivity index (χ1v) is 15.2. The number of esters is 1. The molecule has 2 aliphatic heterocycles. The summed E-state index contributed by atoms with van der Waals surface area (Å²) in [5.74, 6) is -0.521. The molecule has 2 atom stereocenters. The molecule has 2 heterocycles. The topological polar surface area (TPSA) is 87.2 Å². The van der Waals surface area contributed by atoms with Crippen LogP contribution < -0.4 is 0 Å². The molecule has 0 bridgehead atoms. The van der Waals surface area contributed by atoms with Crippen LogP contribution in [-0.4, -0.2) is 95.1 Å². The quantitative estimate of drug-likeness (QED) is 0.277. The number of halogens is 1. The Morgan fingerprint density at radius 1 is 1.12 bits per heavy atom. The van der Waals surface area contributed by atoms with Crippen molar-refractivity contribution in [2.75, 3.05) is 52.4 Å². The van der Waals surface area contributed by atoms with Crippen molar-refractivity contribution in [3.8, 4) is 0 Å². The second-order valence-corrected chi connectivity index (χ2v) is 12.1. The molecule has 8 nitrogen and oxygen atoms in total. The van der Waals surface area contributed by atoms with Gasteiger partial charge in [-0.25, -0.2) is 4.39 Å². The van der Waals surface area contributed by atoms with Crippen LogP contribution in [0.2, 0.25) is 0 Å². The summed E-state index contributed by atoms with van der Waals surface area (Å²) in [5.41, 5.74) is 1.41. The Balaban J connectivity index is 1.42. The first-order valence-electron chi connectivity index (χ1n) is 14.3. The van der Waals surface area contributed by atoms with Crippen LogP contribution in [0.4, 0.5) is 4.39 Å². The molecule has 1 amide bonds. The molecule has 3 fully saturated rings. The molecule has 2 saturated heterocycles. The lowest BCUT2D eigenvalue weighted by Crippen LogP contribution is -2.50. The summed E-state index contributed by atoms with van der Waals surface area (Å²) < 4.78 is 19.9. The summed E-state index contributed by atoms with van der Waals surface area (Å²) in [7, 11) is 0. The Kier molecular flexibility index (Phi) is 10.9. The van der Waals surface area contributed by atoms with Crippen molar-refractivity contribution in [1.29, 1.82) is 0 Å². The fraction of sp³-hybridized carbons (Fsp3) is 0.600. The van der Waals surface area contributed by atoms with E-state index in [1.165, 1.54) is 17.8 Å². The van der Waals surface area contributed by atoms with Gasteiger partial charge < -0.3 is 9.64 Å². The Bertz CT molecular complexity index is 1120. The molecule has 0 aromatic heterocycles. The second-order valence-electron chi connectivity index (χ2n) is 10.8. The van der Waals surface area contributed by atoms with E-state index in [2.05, 4.69) is 4.90 Å². The van der Waals surface area contributed by atoms with Gasteiger partial charge in [0, 0.05) is 62.8 Å². The molecule has 0 radical (unpaired) electrons. The molecule has 3 aliphatic rings. The lowest BCUT2D eigenvalue weighted by Gasteiger charge is -2.39. The number of piperazine rings is 1. The summed E-state index contributed by atoms with van der Waals surface area (Å²) >= 11 is 1.28. The van der Waals surface area contributed by atoms with Crippen molar-refractivity contribution in [3.63, 3.8) is 0 Å². The number of rotatable bonds is 12. The number of nitrogens with zero attached hydrogens (tertiary/aromatic N) is 3. The van der Waals surface area contributed by atoms with Gasteiger partial charge in [0.2, 0.25) is 5.91 Å². The van der Waals surface area contributed by atoms with Gasteiger partial charge >= 0.3 is 5.97 Å². The standard InChI is InChI=1S/C30H40FN3O5S/c1-3-39-28(37)9-6-14-32-17-18-33(27(36)20-32)15-12-23-19-34(16-13-26(23)40-21(2)35)29(30(38)22-10-11-22)24-7-4-5-8-25(24)31/h4-5,7-8,12,22,26,29H,3,6,9-11,13-20H2,1-2H3/b23-12-. The Labute approximate surface area is 240 Å². The highest BCUT2D eigenvalue weighted by molar-refractivity contribution is 8.14. The molecule has 218 valence electrons. The van der Waals surface area contributed by atoms with Crippen molar-refractivity contribution in [2.24, 2.45) is 5.92 Å². The maximum atomic E-state index is 14.9. The molecule has 1 aromatic carbocycles.